The van der Waals surface area contributed by atoms with Gasteiger partial charge in [0.25, 0.3) is 0 Å². The average molecular weight is 348 g/mol. The molecule has 2 N–H and O–H groups in total. The first-order valence-corrected chi connectivity index (χ1v) is 8.28. The fourth-order valence-electron chi connectivity index (χ4n) is 2.79. The molecule has 0 amide bonds. The fraction of sp³-hybridized carbons (Fsp3) is 0.136. The minimum absolute atomic E-state index is 0.109. The molecule has 3 aromatic carbocycles. The molecule has 0 saturated heterocycles. The minimum Gasteiger partial charge on any atom is -0.508 e. The second kappa shape index (κ2) is 6.92. The molecule has 0 aliphatic heterocycles. The molecular formula is C22H20O4. The number of phenols is 2. The van der Waals surface area contributed by atoms with Gasteiger partial charge in [-0.3, -0.25) is 0 Å². The van der Waals surface area contributed by atoms with E-state index in [-0.39, 0.29) is 22.5 Å². The second-order valence-corrected chi connectivity index (χ2v) is 6.60. The normalized spacial score (nSPS) is 11.2. The smallest absolute Gasteiger partial charge is 0.347 e. The highest BCUT2D eigenvalue weighted by Gasteiger charge is 2.23. The number of carbonyl (C=O) groups is 1. The first kappa shape index (κ1) is 17.5. The molecule has 0 aliphatic carbocycles. The van der Waals surface area contributed by atoms with Crippen LogP contribution in [0.25, 0.3) is 0 Å². The highest BCUT2D eigenvalue weighted by Crippen LogP contribution is 2.33. The van der Waals surface area contributed by atoms with E-state index in [0.717, 1.165) is 11.1 Å². The van der Waals surface area contributed by atoms with Crippen molar-refractivity contribution in [1.29, 1.82) is 0 Å². The number of rotatable bonds is 4. The zero-order chi connectivity index (χ0) is 18.7. The molecule has 0 bridgehead atoms. The van der Waals surface area contributed by atoms with Crippen LogP contribution in [0, 0.1) is 0 Å². The largest absolute Gasteiger partial charge is 0.508 e. The molecule has 3 rings (SSSR count). The van der Waals surface area contributed by atoms with Crippen molar-refractivity contribution in [3.05, 3.63) is 89.5 Å². The summed E-state index contributed by atoms with van der Waals surface area (Å²) < 4.78 is 5.34. The first-order chi connectivity index (χ1) is 12.4. The maximum absolute atomic E-state index is 12.2. The summed E-state index contributed by atoms with van der Waals surface area (Å²) in [7, 11) is 0. The number of hydrogen-bond donors (Lipinski definition) is 2. The van der Waals surface area contributed by atoms with Gasteiger partial charge in [-0.05, 0) is 47.5 Å². The number of ether oxygens (including phenoxy) is 1. The van der Waals surface area contributed by atoms with E-state index in [2.05, 4.69) is 13.8 Å². The number of phenolic OH excluding ortho intramolecular Hbond substituents is 2. The zero-order valence-corrected chi connectivity index (χ0v) is 14.6. The van der Waals surface area contributed by atoms with Crippen molar-refractivity contribution in [2.75, 3.05) is 0 Å². The molecular weight excluding hydrogens is 328 g/mol. The molecule has 0 aromatic heterocycles. The third-order valence-electron chi connectivity index (χ3n) is 4.50. The predicted octanol–water partition coefficient (Wildman–Crippen LogP) is 4.64. The molecule has 0 aliphatic rings. The van der Waals surface area contributed by atoms with Crippen LogP contribution in [0.4, 0.5) is 0 Å². The highest BCUT2D eigenvalue weighted by molar-refractivity contribution is 5.93. The van der Waals surface area contributed by atoms with Gasteiger partial charge in [0.05, 0.1) is 0 Å². The lowest BCUT2D eigenvalue weighted by Crippen LogP contribution is -2.18. The number of carbonyl (C=O) groups excluding carboxylic acids is 1. The third kappa shape index (κ3) is 3.54. The first-order valence-electron chi connectivity index (χ1n) is 8.28. The molecule has 0 radical (unpaired) electrons. The van der Waals surface area contributed by atoms with Crippen LogP contribution in [0.1, 0.15) is 35.3 Å². The van der Waals surface area contributed by atoms with Crippen LogP contribution in [-0.4, -0.2) is 16.2 Å². The standard InChI is InChI=1S/C22H20O4/c1-22(2,15-7-11-17(23)12-8-15)16-9-13-18(14-10-16)26-21(25)19-5-3-4-6-20(19)24/h3-14,23-24H,1-2H3. The van der Waals surface area contributed by atoms with Crippen molar-refractivity contribution in [2.45, 2.75) is 19.3 Å². The van der Waals surface area contributed by atoms with Gasteiger partial charge >= 0.3 is 5.97 Å². The maximum Gasteiger partial charge on any atom is 0.347 e. The Morgan fingerprint density at radius 1 is 0.808 bits per heavy atom. The van der Waals surface area contributed by atoms with E-state index in [1.807, 2.05) is 24.3 Å². The van der Waals surface area contributed by atoms with Crippen LogP contribution in [0.3, 0.4) is 0 Å². The number of benzene rings is 3. The molecule has 26 heavy (non-hydrogen) atoms. The summed E-state index contributed by atoms with van der Waals surface area (Å²) in [5.74, 6) is -0.0734. The Morgan fingerprint density at radius 2 is 1.35 bits per heavy atom. The summed E-state index contributed by atoms with van der Waals surface area (Å²) in [5.41, 5.74) is 1.97. The lowest BCUT2D eigenvalue weighted by atomic mass is 9.78. The van der Waals surface area contributed by atoms with Gasteiger partial charge in [0.1, 0.15) is 22.8 Å². The van der Waals surface area contributed by atoms with Crippen molar-refractivity contribution < 1.29 is 19.7 Å². The molecule has 0 unspecified atom stereocenters. The Kier molecular flexibility index (Phi) is 4.67. The van der Waals surface area contributed by atoms with Gasteiger partial charge in [-0.15, -0.1) is 0 Å². The summed E-state index contributed by atoms with van der Waals surface area (Å²) in [6.45, 7) is 4.17. The average Bonchev–Trinajstić information content (AvgIpc) is 2.63. The molecule has 0 saturated carbocycles. The lowest BCUT2D eigenvalue weighted by molar-refractivity contribution is 0.0731. The van der Waals surface area contributed by atoms with Crippen LogP contribution in [0.5, 0.6) is 17.2 Å². The van der Waals surface area contributed by atoms with Gasteiger partial charge in [0, 0.05) is 5.41 Å². The van der Waals surface area contributed by atoms with Crippen molar-refractivity contribution >= 4 is 5.97 Å². The molecule has 4 heteroatoms. The highest BCUT2D eigenvalue weighted by atomic mass is 16.5. The second-order valence-electron chi connectivity index (χ2n) is 6.60. The molecule has 0 fully saturated rings. The van der Waals surface area contributed by atoms with E-state index >= 15 is 0 Å². The van der Waals surface area contributed by atoms with Crippen LogP contribution < -0.4 is 4.74 Å². The van der Waals surface area contributed by atoms with E-state index in [1.54, 1.807) is 36.4 Å². The van der Waals surface area contributed by atoms with E-state index in [1.165, 1.54) is 12.1 Å². The van der Waals surface area contributed by atoms with E-state index in [9.17, 15) is 15.0 Å². The van der Waals surface area contributed by atoms with Crippen LogP contribution in [0.2, 0.25) is 0 Å². The fourth-order valence-corrected chi connectivity index (χ4v) is 2.79. The van der Waals surface area contributed by atoms with Gasteiger partial charge in [-0.1, -0.05) is 50.2 Å². The number of esters is 1. The summed E-state index contributed by atoms with van der Waals surface area (Å²) >= 11 is 0. The molecule has 3 aromatic rings. The summed E-state index contributed by atoms with van der Waals surface area (Å²) in [5, 5.41) is 19.2. The Morgan fingerprint density at radius 3 is 1.92 bits per heavy atom. The summed E-state index contributed by atoms with van der Waals surface area (Å²) in [6, 6.07) is 20.7. The molecule has 132 valence electrons. The maximum atomic E-state index is 12.2. The predicted molar refractivity (Wildman–Crippen MR) is 99.7 cm³/mol. The Labute approximate surface area is 152 Å². The van der Waals surface area contributed by atoms with Gasteiger partial charge in [-0.25, -0.2) is 4.79 Å². The van der Waals surface area contributed by atoms with Crippen molar-refractivity contribution in [2.24, 2.45) is 0 Å². The number of aromatic hydroxyl groups is 2. The van der Waals surface area contributed by atoms with Crippen LogP contribution in [-0.2, 0) is 5.41 Å². The Balaban J connectivity index is 1.79. The molecule has 0 atom stereocenters. The monoisotopic (exact) mass is 348 g/mol. The van der Waals surface area contributed by atoms with Crippen molar-refractivity contribution in [3.8, 4) is 17.2 Å². The van der Waals surface area contributed by atoms with E-state index in [4.69, 9.17) is 4.74 Å². The molecule has 0 heterocycles. The van der Waals surface area contributed by atoms with Crippen LogP contribution in [0.15, 0.2) is 72.8 Å². The minimum atomic E-state index is -0.603. The molecule has 0 spiro atoms. The number of hydrogen-bond acceptors (Lipinski definition) is 4. The van der Waals surface area contributed by atoms with Gasteiger partial charge < -0.3 is 14.9 Å². The van der Waals surface area contributed by atoms with Gasteiger partial charge in [0.2, 0.25) is 0 Å². The number of para-hydroxylation sites is 1. The van der Waals surface area contributed by atoms with E-state index < -0.39 is 5.97 Å². The topological polar surface area (TPSA) is 66.8 Å². The quantitative estimate of drug-likeness (QED) is 0.532. The molecule has 4 nitrogen and oxygen atoms in total. The van der Waals surface area contributed by atoms with Crippen LogP contribution >= 0.6 is 0 Å². The SMILES string of the molecule is CC(C)(c1ccc(O)cc1)c1ccc(OC(=O)c2ccccc2O)cc1. The van der Waals surface area contributed by atoms with Gasteiger partial charge in [0.15, 0.2) is 0 Å². The van der Waals surface area contributed by atoms with Gasteiger partial charge in [-0.2, -0.15) is 0 Å². The van der Waals surface area contributed by atoms with E-state index in [0.29, 0.717) is 5.75 Å². The Bertz CT molecular complexity index is 910. The zero-order valence-electron chi connectivity index (χ0n) is 14.6. The summed E-state index contributed by atoms with van der Waals surface area (Å²) in [4.78, 5) is 12.2. The summed E-state index contributed by atoms with van der Waals surface area (Å²) in [6.07, 6.45) is 0. The van der Waals surface area contributed by atoms with Crippen molar-refractivity contribution in [3.63, 3.8) is 0 Å². The lowest BCUT2D eigenvalue weighted by Gasteiger charge is -2.26. The Hall–Kier alpha value is -3.27. The third-order valence-corrected chi connectivity index (χ3v) is 4.50. The van der Waals surface area contributed by atoms with Crippen molar-refractivity contribution in [1.82, 2.24) is 0 Å².